The summed E-state index contributed by atoms with van der Waals surface area (Å²) in [5, 5.41) is 0. The highest BCUT2D eigenvalue weighted by molar-refractivity contribution is 9.09. The first-order valence-corrected chi connectivity index (χ1v) is 6.46. The van der Waals surface area contributed by atoms with Crippen molar-refractivity contribution in [2.75, 3.05) is 7.11 Å². The zero-order valence-corrected chi connectivity index (χ0v) is 11.7. The van der Waals surface area contributed by atoms with Crippen LogP contribution < -0.4 is 4.74 Å². The molecule has 0 amide bonds. The monoisotopic (exact) mass is 328 g/mol. The molecule has 1 aromatic heterocycles. The normalized spacial score (nSPS) is 12.2. The molecule has 0 fully saturated rings. The molecule has 19 heavy (non-hydrogen) atoms. The van der Waals surface area contributed by atoms with E-state index in [-0.39, 0.29) is 10.4 Å². The molecule has 1 aromatic carbocycles. The maximum atomic E-state index is 13.6. The Labute approximate surface area is 117 Å². The highest BCUT2D eigenvalue weighted by Crippen LogP contribution is 2.29. The summed E-state index contributed by atoms with van der Waals surface area (Å²) < 4.78 is 31.8. The van der Waals surface area contributed by atoms with E-state index in [0.717, 1.165) is 6.07 Å². The maximum Gasteiger partial charge on any atom is 0.216 e. The van der Waals surface area contributed by atoms with Crippen LogP contribution in [0.25, 0.3) is 0 Å². The zero-order valence-electron chi connectivity index (χ0n) is 10.1. The van der Waals surface area contributed by atoms with Crippen LogP contribution in [0.4, 0.5) is 8.78 Å². The van der Waals surface area contributed by atoms with Crippen LogP contribution >= 0.6 is 15.9 Å². The molecule has 2 rings (SSSR count). The Morgan fingerprint density at radius 3 is 2.84 bits per heavy atom. The fourth-order valence-corrected chi connectivity index (χ4v) is 2.34. The smallest absolute Gasteiger partial charge is 0.216 e. The number of hydrogen-bond acceptors (Lipinski definition) is 3. The standard InChI is InChI=1S/C13H11BrF2N2O/c1-19-12-6-8(17-7-18-12)5-10(14)9-3-2-4-11(15)13(9)16/h2-4,6-7,10H,5H2,1H3. The number of benzene rings is 1. The van der Waals surface area contributed by atoms with Gasteiger partial charge in [0, 0.05) is 28.6 Å². The predicted octanol–water partition coefficient (Wildman–Crippen LogP) is 3.44. The van der Waals surface area contributed by atoms with Crippen molar-refractivity contribution in [3.63, 3.8) is 0 Å². The van der Waals surface area contributed by atoms with E-state index in [1.165, 1.54) is 25.6 Å². The topological polar surface area (TPSA) is 35.0 Å². The first-order chi connectivity index (χ1) is 9.11. The van der Waals surface area contributed by atoms with Crippen molar-refractivity contribution < 1.29 is 13.5 Å². The molecule has 6 heteroatoms. The van der Waals surface area contributed by atoms with Gasteiger partial charge in [0.25, 0.3) is 0 Å². The second kappa shape index (κ2) is 6.06. The molecule has 1 heterocycles. The molecule has 100 valence electrons. The molecule has 0 aliphatic carbocycles. The minimum absolute atomic E-state index is 0.262. The Bertz CT molecular complexity index is 580. The number of methoxy groups -OCH3 is 1. The van der Waals surface area contributed by atoms with Gasteiger partial charge >= 0.3 is 0 Å². The second-order valence-corrected chi connectivity index (χ2v) is 4.97. The van der Waals surface area contributed by atoms with E-state index in [9.17, 15) is 8.78 Å². The lowest BCUT2D eigenvalue weighted by atomic mass is 10.1. The third kappa shape index (κ3) is 3.26. The third-order valence-corrected chi connectivity index (χ3v) is 3.43. The van der Waals surface area contributed by atoms with Gasteiger partial charge in [-0.25, -0.2) is 18.7 Å². The third-order valence-electron chi connectivity index (χ3n) is 2.62. The van der Waals surface area contributed by atoms with Crippen LogP contribution in [0.2, 0.25) is 0 Å². The lowest BCUT2D eigenvalue weighted by Crippen LogP contribution is -2.03. The van der Waals surface area contributed by atoms with Gasteiger partial charge in [-0.2, -0.15) is 0 Å². The summed E-state index contributed by atoms with van der Waals surface area (Å²) in [5.74, 6) is -1.27. The molecule has 0 bridgehead atoms. The lowest BCUT2D eigenvalue weighted by Gasteiger charge is -2.11. The van der Waals surface area contributed by atoms with E-state index >= 15 is 0 Å². The van der Waals surface area contributed by atoms with Crippen molar-refractivity contribution in [2.45, 2.75) is 11.2 Å². The summed E-state index contributed by atoms with van der Waals surface area (Å²) in [5.41, 5.74) is 0.940. The predicted molar refractivity (Wildman–Crippen MR) is 70.3 cm³/mol. The lowest BCUT2D eigenvalue weighted by molar-refractivity contribution is 0.396. The summed E-state index contributed by atoms with van der Waals surface area (Å²) in [7, 11) is 1.50. The number of aromatic nitrogens is 2. The van der Waals surface area contributed by atoms with Gasteiger partial charge < -0.3 is 4.74 Å². The van der Waals surface area contributed by atoms with Crippen LogP contribution in [0.15, 0.2) is 30.6 Å². The van der Waals surface area contributed by atoms with Crippen molar-refractivity contribution in [3.05, 3.63) is 53.5 Å². The molecule has 0 spiro atoms. The second-order valence-electron chi connectivity index (χ2n) is 3.87. The van der Waals surface area contributed by atoms with Gasteiger partial charge in [-0.3, -0.25) is 0 Å². The minimum Gasteiger partial charge on any atom is -0.481 e. The molecular formula is C13H11BrF2N2O. The van der Waals surface area contributed by atoms with Crippen LogP contribution in [0, 0.1) is 11.6 Å². The van der Waals surface area contributed by atoms with Crippen LogP contribution in [0.5, 0.6) is 5.88 Å². The van der Waals surface area contributed by atoms with E-state index in [4.69, 9.17) is 4.74 Å². The zero-order chi connectivity index (χ0) is 13.8. The average Bonchev–Trinajstić information content (AvgIpc) is 2.42. The molecule has 1 unspecified atom stereocenters. The van der Waals surface area contributed by atoms with E-state index < -0.39 is 11.6 Å². The van der Waals surface area contributed by atoms with E-state index in [2.05, 4.69) is 25.9 Å². The highest BCUT2D eigenvalue weighted by Gasteiger charge is 2.17. The van der Waals surface area contributed by atoms with Gasteiger partial charge in [0.05, 0.1) is 7.11 Å². The van der Waals surface area contributed by atoms with Crippen LogP contribution in [-0.2, 0) is 6.42 Å². The molecule has 0 aliphatic heterocycles. The molecule has 1 atom stereocenters. The van der Waals surface area contributed by atoms with E-state index in [0.29, 0.717) is 18.0 Å². The van der Waals surface area contributed by atoms with Crippen molar-refractivity contribution in [2.24, 2.45) is 0 Å². The molecule has 3 nitrogen and oxygen atoms in total. The molecule has 0 saturated heterocycles. The first kappa shape index (κ1) is 13.9. The van der Waals surface area contributed by atoms with Crippen LogP contribution in [0.1, 0.15) is 16.1 Å². The number of rotatable bonds is 4. The summed E-state index contributed by atoms with van der Waals surface area (Å²) in [4.78, 5) is 7.58. The van der Waals surface area contributed by atoms with E-state index in [1.54, 1.807) is 6.07 Å². The van der Waals surface area contributed by atoms with Crippen LogP contribution in [0.3, 0.4) is 0 Å². The Morgan fingerprint density at radius 2 is 2.11 bits per heavy atom. The fraction of sp³-hybridized carbons (Fsp3) is 0.231. The number of alkyl halides is 1. The SMILES string of the molecule is COc1cc(CC(Br)c2cccc(F)c2F)ncn1. The Hall–Kier alpha value is -1.56. The van der Waals surface area contributed by atoms with Crippen molar-refractivity contribution >= 4 is 15.9 Å². The molecule has 0 saturated carbocycles. The Balaban J connectivity index is 2.20. The van der Waals surface area contributed by atoms with Crippen molar-refractivity contribution in [3.8, 4) is 5.88 Å². The highest BCUT2D eigenvalue weighted by atomic mass is 79.9. The first-order valence-electron chi connectivity index (χ1n) is 5.54. The van der Waals surface area contributed by atoms with Gasteiger partial charge in [0.2, 0.25) is 5.88 Å². The van der Waals surface area contributed by atoms with Crippen LogP contribution in [-0.4, -0.2) is 17.1 Å². The molecule has 2 aromatic rings. The number of ether oxygens (including phenoxy) is 1. The number of halogens is 3. The van der Waals surface area contributed by atoms with Gasteiger partial charge in [-0.1, -0.05) is 28.1 Å². The fourth-order valence-electron chi connectivity index (χ4n) is 1.66. The summed E-state index contributed by atoms with van der Waals surface area (Å²) in [6.45, 7) is 0. The van der Waals surface area contributed by atoms with Crippen molar-refractivity contribution in [1.29, 1.82) is 0 Å². The van der Waals surface area contributed by atoms with Gasteiger partial charge in [0.15, 0.2) is 11.6 Å². The van der Waals surface area contributed by atoms with Gasteiger partial charge in [0.1, 0.15) is 6.33 Å². The molecule has 0 radical (unpaired) electrons. The summed E-state index contributed by atoms with van der Waals surface area (Å²) in [6, 6.07) is 5.76. The Kier molecular flexibility index (Phi) is 4.42. The van der Waals surface area contributed by atoms with Crippen molar-refractivity contribution in [1.82, 2.24) is 9.97 Å². The number of hydrogen-bond donors (Lipinski definition) is 0. The summed E-state index contributed by atoms with van der Waals surface area (Å²) in [6.07, 6.45) is 1.77. The van der Waals surface area contributed by atoms with E-state index in [1.807, 2.05) is 0 Å². The molecule has 0 N–H and O–H groups in total. The minimum atomic E-state index is -0.859. The maximum absolute atomic E-state index is 13.6. The largest absolute Gasteiger partial charge is 0.481 e. The quantitative estimate of drug-likeness (QED) is 0.806. The molecular weight excluding hydrogens is 318 g/mol. The summed E-state index contributed by atoms with van der Waals surface area (Å²) >= 11 is 3.35. The average molecular weight is 329 g/mol. The molecule has 0 aliphatic rings. The van der Waals surface area contributed by atoms with Gasteiger partial charge in [-0.05, 0) is 6.07 Å². The Morgan fingerprint density at radius 1 is 1.32 bits per heavy atom. The van der Waals surface area contributed by atoms with Gasteiger partial charge in [-0.15, -0.1) is 0 Å². The number of nitrogens with zero attached hydrogens (tertiary/aromatic N) is 2.